The number of hydrogen-bond acceptors (Lipinski definition) is 3. The number of aromatic nitrogens is 3. The first-order chi connectivity index (χ1) is 8.77. The minimum Gasteiger partial charge on any atom is -0.295 e. The molecule has 0 fully saturated rings. The zero-order valence-corrected chi connectivity index (χ0v) is 9.87. The summed E-state index contributed by atoms with van der Waals surface area (Å²) in [6.07, 6.45) is 1.64. The molecule has 88 valence electrons. The van der Waals surface area contributed by atoms with E-state index in [2.05, 4.69) is 9.97 Å². The fourth-order valence-electron chi connectivity index (χ4n) is 1.95. The van der Waals surface area contributed by atoms with Crippen molar-refractivity contribution in [3.63, 3.8) is 0 Å². The zero-order valence-electron chi connectivity index (χ0n) is 9.87. The Kier molecular flexibility index (Phi) is 2.41. The third-order valence-electron chi connectivity index (χ3n) is 2.88. The predicted molar refractivity (Wildman–Crippen MR) is 70.2 cm³/mol. The van der Waals surface area contributed by atoms with Crippen LogP contribution in [0.2, 0.25) is 0 Å². The maximum absolute atomic E-state index is 12.2. The van der Waals surface area contributed by atoms with Crippen LogP contribution >= 0.6 is 0 Å². The molecule has 2 aromatic heterocycles. The van der Waals surface area contributed by atoms with E-state index in [4.69, 9.17) is 0 Å². The molecule has 0 spiro atoms. The molecule has 18 heavy (non-hydrogen) atoms. The summed E-state index contributed by atoms with van der Waals surface area (Å²) in [5.74, 6) is 0.631. The lowest BCUT2D eigenvalue weighted by Gasteiger charge is -2.08. The van der Waals surface area contributed by atoms with Gasteiger partial charge in [-0.1, -0.05) is 30.3 Å². The molecule has 0 saturated heterocycles. The van der Waals surface area contributed by atoms with Gasteiger partial charge in [0.25, 0.3) is 5.56 Å². The molecule has 2 heterocycles. The molecule has 0 saturated carbocycles. The van der Waals surface area contributed by atoms with Crippen LogP contribution in [0.4, 0.5) is 0 Å². The van der Waals surface area contributed by atoms with Gasteiger partial charge in [0.2, 0.25) is 0 Å². The molecular weight excluding hydrogens is 226 g/mol. The lowest BCUT2D eigenvalue weighted by Crippen LogP contribution is -2.20. The van der Waals surface area contributed by atoms with Gasteiger partial charge in [-0.05, 0) is 12.1 Å². The summed E-state index contributed by atoms with van der Waals surface area (Å²) in [5.41, 5.74) is 1.32. The first-order valence-electron chi connectivity index (χ1n) is 5.64. The molecule has 0 aliphatic heterocycles. The summed E-state index contributed by atoms with van der Waals surface area (Å²) in [6, 6.07) is 13.1. The Bertz CT molecular complexity index is 763. The summed E-state index contributed by atoms with van der Waals surface area (Å²) in [4.78, 5) is 20.8. The van der Waals surface area contributed by atoms with Crippen LogP contribution in [0.1, 0.15) is 0 Å². The van der Waals surface area contributed by atoms with E-state index in [0.717, 1.165) is 5.56 Å². The quantitative estimate of drug-likeness (QED) is 0.650. The van der Waals surface area contributed by atoms with Crippen molar-refractivity contribution in [2.24, 2.45) is 7.05 Å². The number of hydrogen-bond donors (Lipinski definition) is 0. The Morgan fingerprint density at radius 3 is 2.61 bits per heavy atom. The van der Waals surface area contributed by atoms with Crippen LogP contribution in [0.3, 0.4) is 0 Å². The molecule has 0 radical (unpaired) electrons. The van der Waals surface area contributed by atoms with Gasteiger partial charge < -0.3 is 0 Å². The highest BCUT2D eigenvalue weighted by Gasteiger charge is 2.09. The molecule has 0 aliphatic carbocycles. The van der Waals surface area contributed by atoms with E-state index in [9.17, 15) is 4.79 Å². The van der Waals surface area contributed by atoms with Crippen molar-refractivity contribution in [3.05, 3.63) is 59.0 Å². The molecule has 0 amide bonds. The van der Waals surface area contributed by atoms with E-state index in [0.29, 0.717) is 16.9 Å². The Balaban J connectivity index is 2.38. The molecule has 4 nitrogen and oxygen atoms in total. The molecule has 4 heteroatoms. The van der Waals surface area contributed by atoms with Crippen molar-refractivity contribution in [1.82, 2.24) is 14.5 Å². The minimum absolute atomic E-state index is 0.0769. The SMILES string of the molecule is Cn1c(-c2ccccc2)nc2ncccc2c1=O. The maximum Gasteiger partial charge on any atom is 0.263 e. The molecule has 0 bridgehead atoms. The van der Waals surface area contributed by atoms with Crippen LogP contribution in [0.15, 0.2) is 53.5 Å². The van der Waals surface area contributed by atoms with Gasteiger partial charge in [0, 0.05) is 18.8 Å². The van der Waals surface area contributed by atoms with Crippen molar-refractivity contribution < 1.29 is 0 Å². The van der Waals surface area contributed by atoms with Gasteiger partial charge in [0.05, 0.1) is 5.39 Å². The van der Waals surface area contributed by atoms with Crippen molar-refractivity contribution in [3.8, 4) is 11.4 Å². The molecule has 0 aliphatic rings. The van der Waals surface area contributed by atoms with Crippen molar-refractivity contribution in [2.45, 2.75) is 0 Å². The molecule has 1 aromatic carbocycles. The number of rotatable bonds is 1. The van der Waals surface area contributed by atoms with Crippen molar-refractivity contribution in [1.29, 1.82) is 0 Å². The van der Waals surface area contributed by atoms with Crippen LogP contribution < -0.4 is 5.56 Å². The maximum atomic E-state index is 12.2. The highest BCUT2D eigenvalue weighted by molar-refractivity contribution is 5.75. The average Bonchev–Trinajstić information content (AvgIpc) is 2.44. The fourth-order valence-corrected chi connectivity index (χ4v) is 1.95. The first-order valence-corrected chi connectivity index (χ1v) is 5.64. The number of nitrogens with zero attached hydrogens (tertiary/aromatic N) is 3. The lowest BCUT2D eigenvalue weighted by molar-refractivity contribution is 0.853. The van der Waals surface area contributed by atoms with Gasteiger partial charge in [0.15, 0.2) is 5.65 Å². The molecule has 0 unspecified atom stereocenters. The molecular formula is C14H11N3O. The Hall–Kier alpha value is -2.49. The number of benzene rings is 1. The monoisotopic (exact) mass is 237 g/mol. The average molecular weight is 237 g/mol. The second-order valence-corrected chi connectivity index (χ2v) is 4.04. The Morgan fingerprint density at radius 1 is 1.06 bits per heavy atom. The van der Waals surface area contributed by atoms with E-state index in [1.807, 2.05) is 30.3 Å². The van der Waals surface area contributed by atoms with Crippen LogP contribution in [-0.2, 0) is 7.05 Å². The fraction of sp³-hybridized carbons (Fsp3) is 0.0714. The molecule has 3 rings (SSSR count). The Labute approximate surface area is 104 Å². The van der Waals surface area contributed by atoms with E-state index in [-0.39, 0.29) is 5.56 Å². The molecule has 0 N–H and O–H groups in total. The van der Waals surface area contributed by atoms with Gasteiger partial charge in [-0.25, -0.2) is 9.97 Å². The zero-order chi connectivity index (χ0) is 12.5. The summed E-state index contributed by atoms with van der Waals surface area (Å²) < 4.78 is 1.55. The summed E-state index contributed by atoms with van der Waals surface area (Å²) in [6.45, 7) is 0. The minimum atomic E-state index is -0.0769. The first kappa shape index (κ1) is 10.7. The second-order valence-electron chi connectivity index (χ2n) is 4.04. The van der Waals surface area contributed by atoms with Gasteiger partial charge in [-0.3, -0.25) is 9.36 Å². The number of pyridine rings is 1. The van der Waals surface area contributed by atoms with Gasteiger partial charge in [0.1, 0.15) is 5.82 Å². The van der Waals surface area contributed by atoms with Gasteiger partial charge in [-0.2, -0.15) is 0 Å². The van der Waals surface area contributed by atoms with E-state index in [1.54, 1.807) is 29.9 Å². The second kappa shape index (κ2) is 4.07. The normalized spacial score (nSPS) is 10.7. The predicted octanol–water partition coefficient (Wildman–Crippen LogP) is 2.00. The highest BCUT2D eigenvalue weighted by atomic mass is 16.1. The standard InChI is InChI=1S/C14H11N3O/c1-17-13(10-6-3-2-4-7-10)16-12-11(14(17)18)8-5-9-15-12/h2-9H,1H3. The summed E-state index contributed by atoms with van der Waals surface area (Å²) in [7, 11) is 1.73. The molecule has 3 aromatic rings. The van der Waals surface area contributed by atoms with Crippen LogP contribution in [-0.4, -0.2) is 14.5 Å². The van der Waals surface area contributed by atoms with Gasteiger partial charge in [-0.15, -0.1) is 0 Å². The van der Waals surface area contributed by atoms with Crippen LogP contribution in [0.5, 0.6) is 0 Å². The highest BCUT2D eigenvalue weighted by Crippen LogP contribution is 2.16. The van der Waals surface area contributed by atoms with Gasteiger partial charge >= 0.3 is 0 Å². The van der Waals surface area contributed by atoms with E-state index in [1.165, 1.54) is 0 Å². The third kappa shape index (κ3) is 1.59. The summed E-state index contributed by atoms with van der Waals surface area (Å²) in [5, 5.41) is 0.541. The van der Waals surface area contributed by atoms with Crippen molar-refractivity contribution >= 4 is 11.0 Å². The lowest BCUT2D eigenvalue weighted by atomic mass is 10.2. The smallest absolute Gasteiger partial charge is 0.263 e. The van der Waals surface area contributed by atoms with Crippen LogP contribution in [0, 0.1) is 0 Å². The topological polar surface area (TPSA) is 47.8 Å². The van der Waals surface area contributed by atoms with E-state index >= 15 is 0 Å². The largest absolute Gasteiger partial charge is 0.295 e. The van der Waals surface area contributed by atoms with E-state index < -0.39 is 0 Å². The third-order valence-corrected chi connectivity index (χ3v) is 2.88. The van der Waals surface area contributed by atoms with Crippen molar-refractivity contribution in [2.75, 3.05) is 0 Å². The molecule has 0 atom stereocenters. The summed E-state index contributed by atoms with van der Waals surface area (Å²) >= 11 is 0. The number of fused-ring (bicyclic) bond motifs is 1. The van der Waals surface area contributed by atoms with Crippen LogP contribution in [0.25, 0.3) is 22.4 Å². The Morgan fingerprint density at radius 2 is 1.83 bits per heavy atom.